The molecule has 1 aromatic carbocycles. The van der Waals surface area contributed by atoms with Crippen molar-refractivity contribution in [1.82, 2.24) is 15.6 Å². The number of ether oxygens (including phenoxy) is 1. The van der Waals surface area contributed by atoms with Crippen LogP contribution in [0.1, 0.15) is 18.9 Å². The molecule has 0 spiro atoms. The van der Waals surface area contributed by atoms with Crippen LogP contribution >= 0.6 is 11.3 Å². The van der Waals surface area contributed by atoms with Gasteiger partial charge in [-0.25, -0.2) is 9.98 Å². The molecular weight excluding hydrogens is 308 g/mol. The van der Waals surface area contributed by atoms with Gasteiger partial charge >= 0.3 is 0 Å². The Labute approximate surface area is 141 Å². The number of benzene rings is 1. The van der Waals surface area contributed by atoms with Crippen molar-refractivity contribution in [2.24, 2.45) is 4.99 Å². The monoisotopic (exact) mass is 332 g/mol. The number of guanidine groups is 1. The van der Waals surface area contributed by atoms with Crippen LogP contribution in [-0.4, -0.2) is 37.2 Å². The van der Waals surface area contributed by atoms with Gasteiger partial charge < -0.3 is 15.4 Å². The van der Waals surface area contributed by atoms with E-state index in [1.807, 2.05) is 18.2 Å². The van der Waals surface area contributed by atoms with Gasteiger partial charge in [0.2, 0.25) is 0 Å². The van der Waals surface area contributed by atoms with Crippen molar-refractivity contribution in [3.05, 3.63) is 40.7 Å². The highest BCUT2D eigenvalue weighted by Gasteiger charge is 2.06. The number of aliphatic imine (C=N–C) groups is 1. The van der Waals surface area contributed by atoms with Gasteiger partial charge in [0.25, 0.3) is 0 Å². The topological polar surface area (TPSA) is 58.5 Å². The molecule has 2 N–H and O–H groups in total. The summed E-state index contributed by atoms with van der Waals surface area (Å²) in [7, 11) is 1.70. The zero-order valence-electron chi connectivity index (χ0n) is 13.9. The molecule has 0 bridgehead atoms. The van der Waals surface area contributed by atoms with Crippen molar-refractivity contribution < 1.29 is 4.74 Å². The molecule has 5 nitrogen and oxygen atoms in total. The molecule has 124 valence electrons. The van der Waals surface area contributed by atoms with E-state index < -0.39 is 0 Å². The van der Waals surface area contributed by atoms with Crippen molar-refractivity contribution in [3.63, 3.8) is 0 Å². The number of nitrogens with zero attached hydrogens (tertiary/aromatic N) is 2. The van der Waals surface area contributed by atoms with Gasteiger partial charge in [-0.1, -0.05) is 30.3 Å². The fourth-order valence-corrected chi connectivity index (χ4v) is 2.84. The smallest absolute Gasteiger partial charge is 0.191 e. The van der Waals surface area contributed by atoms with Crippen LogP contribution in [0.25, 0.3) is 11.3 Å². The molecular formula is C17H24N4OS. The Bertz CT molecular complexity index is 612. The fourth-order valence-electron chi connectivity index (χ4n) is 2.12. The van der Waals surface area contributed by atoms with Crippen molar-refractivity contribution in [3.8, 4) is 11.3 Å². The molecule has 0 aliphatic rings. The van der Waals surface area contributed by atoms with E-state index >= 15 is 0 Å². The summed E-state index contributed by atoms with van der Waals surface area (Å²) >= 11 is 1.64. The van der Waals surface area contributed by atoms with Crippen LogP contribution in [0, 0.1) is 0 Å². The minimum absolute atomic E-state index is 0.203. The maximum absolute atomic E-state index is 5.14. The Kier molecular flexibility index (Phi) is 7.03. The quantitative estimate of drug-likeness (QED) is 0.605. The predicted octanol–water partition coefficient (Wildman–Crippen LogP) is 2.90. The Morgan fingerprint density at radius 2 is 2.13 bits per heavy atom. The van der Waals surface area contributed by atoms with Crippen LogP contribution in [0.5, 0.6) is 0 Å². The lowest BCUT2D eigenvalue weighted by molar-refractivity contribution is 0.179. The lowest BCUT2D eigenvalue weighted by Gasteiger charge is -2.16. The highest BCUT2D eigenvalue weighted by atomic mass is 32.1. The van der Waals surface area contributed by atoms with Gasteiger partial charge in [-0.15, -0.1) is 11.3 Å². The zero-order valence-corrected chi connectivity index (χ0v) is 14.7. The third-order valence-electron chi connectivity index (χ3n) is 3.14. The van der Waals surface area contributed by atoms with Crippen LogP contribution in [0.4, 0.5) is 0 Å². The van der Waals surface area contributed by atoms with E-state index in [0.29, 0.717) is 13.2 Å². The molecule has 2 rings (SSSR count). The SMILES string of the molecule is CCNC(=NCc1nc(-c2ccccc2)cs1)NC(C)COC. The molecule has 1 atom stereocenters. The van der Waals surface area contributed by atoms with Crippen LogP contribution in [0.3, 0.4) is 0 Å². The lowest BCUT2D eigenvalue weighted by Crippen LogP contribution is -2.43. The first-order valence-corrected chi connectivity index (χ1v) is 8.64. The van der Waals surface area contributed by atoms with E-state index in [2.05, 4.69) is 52.0 Å². The molecule has 0 aliphatic carbocycles. The van der Waals surface area contributed by atoms with E-state index in [0.717, 1.165) is 28.8 Å². The average Bonchev–Trinajstić information content (AvgIpc) is 3.03. The molecule has 1 unspecified atom stereocenters. The molecule has 6 heteroatoms. The summed E-state index contributed by atoms with van der Waals surface area (Å²) in [5.41, 5.74) is 2.14. The molecule has 0 saturated carbocycles. The number of rotatable bonds is 7. The molecule has 0 fully saturated rings. The molecule has 23 heavy (non-hydrogen) atoms. The molecule has 0 amide bonds. The summed E-state index contributed by atoms with van der Waals surface area (Å²) in [5.74, 6) is 0.786. The first-order chi connectivity index (χ1) is 11.2. The highest BCUT2D eigenvalue weighted by molar-refractivity contribution is 7.09. The van der Waals surface area contributed by atoms with Gasteiger partial charge in [-0.2, -0.15) is 0 Å². The highest BCUT2D eigenvalue weighted by Crippen LogP contribution is 2.21. The third kappa shape index (κ3) is 5.65. The minimum Gasteiger partial charge on any atom is -0.383 e. The second-order valence-corrected chi connectivity index (χ2v) is 6.13. The Morgan fingerprint density at radius 1 is 1.35 bits per heavy atom. The van der Waals surface area contributed by atoms with Gasteiger partial charge in [-0.05, 0) is 13.8 Å². The summed E-state index contributed by atoms with van der Waals surface area (Å²) in [6.45, 7) is 6.13. The average molecular weight is 332 g/mol. The van der Waals surface area contributed by atoms with Crippen molar-refractivity contribution in [2.75, 3.05) is 20.3 Å². The number of methoxy groups -OCH3 is 1. The maximum Gasteiger partial charge on any atom is 0.191 e. The normalized spacial score (nSPS) is 12.9. The molecule has 0 saturated heterocycles. The van der Waals surface area contributed by atoms with Gasteiger partial charge in [-0.3, -0.25) is 0 Å². The van der Waals surface area contributed by atoms with Crippen LogP contribution in [-0.2, 0) is 11.3 Å². The second-order valence-electron chi connectivity index (χ2n) is 5.19. The fraction of sp³-hybridized carbons (Fsp3) is 0.412. The molecule has 0 radical (unpaired) electrons. The number of nitrogens with one attached hydrogen (secondary N) is 2. The summed E-state index contributed by atoms with van der Waals surface area (Å²) in [4.78, 5) is 9.26. The van der Waals surface area contributed by atoms with Gasteiger partial charge in [0.1, 0.15) is 5.01 Å². The number of hydrogen-bond donors (Lipinski definition) is 2. The number of thiazole rings is 1. The zero-order chi connectivity index (χ0) is 16.5. The number of aromatic nitrogens is 1. The molecule has 0 aliphatic heterocycles. The maximum atomic E-state index is 5.14. The van der Waals surface area contributed by atoms with E-state index in [-0.39, 0.29) is 6.04 Å². The number of hydrogen-bond acceptors (Lipinski definition) is 4. The molecule has 1 heterocycles. The van der Waals surface area contributed by atoms with E-state index in [1.54, 1.807) is 18.4 Å². The first-order valence-electron chi connectivity index (χ1n) is 7.76. The van der Waals surface area contributed by atoms with E-state index in [9.17, 15) is 0 Å². The van der Waals surface area contributed by atoms with Gasteiger partial charge in [0.15, 0.2) is 5.96 Å². The van der Waals surface area contributed by atoms with E-state index in [1.165, 1.54) is 0 Å². The standard InChI is InChI=1S/C17H24N4OS/c1-4-18-17(20-13(2)11-22-3)19-10-16-21-15(12-23-16)14-8-6-5-7-9-14/h5-9,12-13H,4,10-11H2,1-3H3,(H2,18,19,20). The largest absolute Gasteiger partial charge is 0.383 e. The lowest BCUT2D eigenvalue weighted by atomic mass is 10.2. The van der Waals surface area contributed by atoms with E-state index in [4.69, 9.17) is 4.74 Å². The summed E-state index contributed by atoms with van der Waals surface area (Å²) in [6.07, 6.45) is 0. The third-order valence-corrected chi connectivity index (χ3v) is 3.97. The van der Waals surface area contributed by atoms with Gasteiger partial charge in [0.05, 0.1) is 18.8 Å². The summed E-state index contributed by atoms with van der Waals surface area (Å²) in [6, 6.07) is 10.4. The summed E-state index contributed by atoms with van der Waals surface area (Å²) < 4.78 is 5.14. The molecule has 1 aromatic heterocycles. The van der Waals surface area contributed by atoms with Crippen molar-refractivity contribution >= 4 is 17.3 Å². The van der Waals surface area contributed by atoms with Crippen molar-refractivity contribution in [1.29, 1.82) is 0 Å². The Hall–Kier alpha value is -1.92. The van der Waals surface area contributed by atoms with Gasteiger partial charge in [0, 0.05) is 30.6 Å². The Morgan fingerprint density at radius 3 is 2.83 bits per heavy atom. The van der Waals surface area contributed by atoms with Crippen LogP contribution in [0.2, 0.25) is 0 Å². The molecule has 2 aromatic rings. The predicted molar refractivity (Wildman–Crippen MR) is 96.8 cm³/mol. The minimum atomic E-state index is 0.203. The summed E-state index contributed by atoms with van der Waals surface area (Å²) in [5, 5.41) is 9.64. The van der Waals surface area contributed by atoms with Crippen molar-refractivity contribution in [2.45, 2.75) is 26.4 Å². The van der Waals surface area contributed by atoms with Crippen LogP contribution in [0.15, 0.2) is 40.7 Å². The first kappa shape index (κ1) is 17.4. The van der Waals surface area contributed by atoms with Crippen LogP contribution < -0.4 is 10.6 Å². The Balaban J connectivity index is 2.00. The second kappa shape index (κ2) is 9.27.